The van der Waals surface area contributed by atoms with E-state index in [1.54, 1.807) is 12.1 Å². The number of nitrogens with one attached hydrogen (secondary N) is 3. The van der Waals surface area contributed by atoms with E-state index in [9.17, 15) is 4.79 Å². The molecule has 0 radical (unpaired) electrons. The molecule has 0 unspecified atom stereocenters. The number of nitrogens with zero attached hydrogens (tertiary/aromatic N) is 2. The third kappa shape index (κ3) is 6.92. The third-order valence-corrected chi connectivity index (χ3v) is 6.78. The molecule has 0 saturated carbocycles. The maximum absolute atomic E-state index is 12.1. The lowest BCUT2D eigenvalue weighted by molar-refractivity contribution is 0.0952. The molecule has 4 rings (SSSR count). The van der Waals surface area contributed by atoms with Gasteiger partial charge in [-0.2, -0.15) is 0 Å². The van der Waals surface area contributed by atoms with Crippen molar-refractivity contribution in [2.24, 2.45) is 5.84 Å². The van der Waals surface area contributed by atoms with Crippen molar-refractivity contribution in [2.75, 3.05) is 23.8 Å². The van der Waals surface area contributed by atoms with E-state index in [1.807, 2.05) is 0 Å². The number of nitrogens with two attached hydrogens (primary N) is 1. The van der Waals surface area contributed by atoms with Crippen LogP contribution in [0.2, 0.25) is 0 Å². The molecule has 7 heteroatoms. The molecule has 0 aliphatic heterocycles. The van der Waals surface area contributed by atoms with Gasteiger partial charge in [0.05, 0.1) is 11.1 Å². The Kier molecular flexibility index (Phi) is 9.29. The number of pyridine rings is 2. The predicted molar refractivity (Wildman–Crippen MR) is 144 cm³/mol. The Bertz CT molecular complexity index is 1100. The number of aryl methyl sites for hydroxylation is 1. The standard InChI is InChI=1S/C28H38N6O/c29-34-26-17-16-21(20-32-26)28(35)31-19-11-5-3-1-2-4-10-18-30-27-22-12-6-8-14-24(22)33-25-15-9-7-13-23(25)27/h6,8,12,14,16-17,20H,1-5,7,9-11,13,15,18-19,29H2,(H,30,33)(H,31,35)(H,32,34). The third-order valence-electron chi connectivity index (χ3n) is 6.78. The highest BCUT2D eigenvalue weighted by molar-refractivity contribution is 5.94. The van der Waals surface area contributed by atoms with Gasteiger partial charge in [0, 0.05) is 36.1 Å². The minimum absolute atomic E-state index is 0.0863. The fraction of sp³-hybridized carbons (Fsp3) is 0.464. The predicted octanol–water partition coefficient (Wildman–Crippen LogP) is 5.37. The summed E-state index contributed by atoms with van der Waals surface area (Å²) in [4.78, 5) is 21.1. The van der Waals surface area contributed by atoms with Crippen molar-refractivity contribution in [1.82, 2.24) is 15.3 Å². The van der Waals surface area contributed by atoms with Crippen molar-refractivity contribution in [2.45, 2.75) is 70.6 Å². The van der Waals surface area contributed by atoms with Crippen LogP contribution in [0.15, 0.2) is 42.6 Å². The molecule has 186 valence electrons. The zero-order chi connectivity index (χ0) is 24.3. The second-order valence-corrected chi connectivity index (χ2v) is 9.37. The number of para-hydroxylation sites is 1. The maximum atomic E-state index is 12.1. The Balaban J connectivity index is 1.08. The van der Waals surface area contributed by atoms with Crippen molar-refractivity contribution < 1.29 is 4.79 Å². The number of carbonyl (C=O) groups is 1. The monoisotopic (exact) mass is 474 g/mol. The van der Waals surface area contributed by atoms with Gasteiger partial charge < -0.3 is 16.1 Å². The lowest BCUT2D eigenvalue weighted by atomic mass is 9.92. The molecule has 5 N–H and O–H groups in total. The Labute approximate surface area is 208 Å². The highest BCUT2D eigenvalue weighted by Gasteiger charge is 2.17. The van der Waals surface area contributed by atoms with Crippen LogP contribution in [0.5, 0.6) is 0 Å². The maximum Gasteiger partial charge on any atom is 0.252 e. The zero-order valence-corrected chi connectivity index (χ0v) is 20.6. The lowest BCUT2D eigenvalue weighted by Crippen LogP contribution is -2.24. The zero-order valence-electron chi connectivity index (χ0n) is 20.6. The largest absolute Gasteiger partial charge is 0.384 e. The number of anilines is 2. The van der Waals surface area contributed by atoms with E-state index in [1.165, 1.54) is 73.5 Å². The highest BCUT2D eigenvalue weighted by Crippen LogP contribution is 2.33. The topological polar surface area (TPSA) is 105 Å². The van der Waals surface area contributed by atoms with Gasteiger partial charge in [0.25, 0.3) is 5.91 Å². The summed E-state index contributed by atoms with van der Waals surface area (Å²) in [5.41, 5.74) is 8.20. The molecule has 1 amide bonds. The van der Waals surface area contributed by atoms with Crippen LogP contribution in [-0.4, -0.2) is 29.0 Å². The number of aromatic nitrogens is 2. The van der Waals surface area contributed by atoms with E-state index < -0.39 is 0 Å². The first-order valence-electron chi connectivity index (χ1n) is 13.1. The van der Waals surface area contributed by atoms with E-state index in [0.29, 0.717) is 17.9 Å². The summed E-state index contributed by atoms with van der Waals surface area (Å²) in [5, 5.41) is 8.00. The number of rotatable bonds is 13. The first-order chi connectivity index (χ1) is 17.3. The summed E-state index contributed by atoms with van der Waals surface area (Å²) in [7, 11) is 0. The molecule has 35 heavy (non-hydrogen) atoms. The molecule has 0 atom stereocenters. The van der Waals surface area contributed by atoms with Crippen molar-refractivity contribution >= 4 is 28.3 Å². The molecule has 2 heterocycles. The molecule has 0 fully saturated rings. The number of nitrogen functional groups attached to an aromatic ring is 1. The molecule has 1 aliphatic carbocycles. The minimum atomic E-state index is -0.0863. The number of carbonyl (C=O) groups excluding carboxylic acids is 1. The minimum Gasteiger partial charge on any atom is -0.384 e. The van der Waals surface area contributed by atoms with Crippen molar-refractivity contribution in [3.63, 3.8) is 0 Å². The van der Waals surface area contributed by atoms with E-state index >= 15 is 0 Å². The summed E-state index contributed by atoms with van der Waals surface area (Å²) in [5.74, 6) is 5.75. The first-order valence-corrected chi connectivity index (χ1v) is 13.1. The van der Waals surface area contributed by atoms with Crippen molar-refractivity contribution in [3.05, 3.63) is 59.4 Å². The van der Waals surface area contributed by atoms with Gasteiger partial charge in [-0.15, -0.1) is 0 Å². The normalized spacial score (nSPS) is 12.8. The number of amides is 1. The Morgan fingerprint density at radius 1 is 0.886 bits per heavy atom. The fourth-order valence-electron chi connectivity index (χ4n) is 4.84. The number of hydrogen-bond acceptors (Lipinski definition) is 6. The van der Waals surface area contributed by atoms with E-state index in [4.69, 9.17) is 10.8 Å². The molecule has 2 aromatic heterocycles. The van der Waals surface area contributed by atoms with E-state index in [2.05, 4.69) is 45.3 Å². The molecule has 1 aliphatic rings. The van der Waals surface area contributed by atoms with E-state index in [0.717, 1.165) is 37.7 Å². The number of unbranched alkanes of at least 4 members (excludes halogenated alkanes) is 6. The average Bonchev–Trinajstić information content (AvgIpc) is 2.91. The molecule has 7 nitrogen and oxygen atoms in total. The van der Waals surface area contributed by atoms with Gasteiger partial charge in [0.1, 0.15) is 5.82 Å². The molecule has 0 saturated heterocycles. The average molecular weight is 475 g/mol. The number of hydrogen-bond donors (Lipinski definition) is 4. The molecule has 0 spiro atoms. The van der Waals surface area contributed by atoms with Crippen LogP contribution in [0, 0.1) is 0 Å². The Morgan fingerprint density at radius 2 is 1.63 bits per heavy atom. The summed E-state index contributed by atoms with van der Waals surface area (Å²) >= 11 is 0. The number of hydrazine groups is 1. The lowest BCUT2D eigenvalue weighted by Gasteiger charge is -2.21. The fourth-order valence-corrected chi connectivity index (χ4v) is 4.84. The van der Waals surface area contributed by atoms with Crippen LogP contribution < -0.4 is 21.9 Å². The summed E-state index contributed by atoms with van der Waals surface area (Å²) in [6.07, 6.45) is 14.6. The molecular formula is C28H38N6O. The van der Waals surface area contributed by atoms with Gasteiger partial charge in [-0.05, 0) is 62.3 Å². The van der Waals surface area contributed by atoms with Gasteiger partial charge in [0.15, 0.2) is 0 Å². The van der Waals surface area contributed by atoms with Crippen LogP contribution in [0.4, 0.5) is 11.5 Å². The molecule has 0 bridgehead atoms. The molecule has 1 aromatic carbocycles. The van der Waals surface area contributed by atoms with Crippen LogP contribution in [0.25, 0.3) is 10.9 Å². The van der Waals surface area contributed by atoms with Gasteiger partial charge in [0.2, 0.25) is 0 Å². The van der Waals surface area contributed by atoms with Gasteiger partial charge in [-0.3, -0.25) is 9.78 Å². The number of fused-ring (bicyclic) bond motifs is 2. The second-order valence-electron chi connectivity index (χ2n) is 9.37. The first kappa shape index (κ1) is 24.9. The molecular weight excluding hydrogens is 436 g/mol. The summed E-state index contributed by atoms with van der Waals surface area (Å²) in [6, 6.07) is 11.9. The second kappa shape index (κ2) is 13.0. The van der Waals surface area contributed by atoms with Crippen LogP contribution in [0.1, 0.15) is 79.4 Å². The smallest absolute Gasteiger partial charge is 0.252 e. The van der Waals surface area contributed by atoms with Crippen molar-refractivity contribution in [3.8, 4) is 0 Å². The van der Waals surface area contributed by atoms with Gasteiger partial charge >= 0.3 is 0 Å². The summed E-state index contributed by atoms with van der Waals surface area (Å²) in [6.45, 7) is 1.72. The van der Waals surface area contributed by atoms with Gasteiger partial charge in [-0.1, -0.05) is 50.3 Å². The molecule has 3 aromatic rings. The summed E-state index contributed by atoms with van der Waals surface area (Å²) < 4.78 is 0. The van der Waals surface area contributed by atoms with Gasteiger partial charge in [-0.25, -0.2) is 10.8 Å². The highest BCUT2D eigenvalue weighted by atomic mass is 16.1. The van der Waals surface area contributed by atoms with Crippen molar-refractivity contribution in [1.29, 1.82) is 0 Å². The Morgan fingerprint density at radius 3 is 2.40 bits per heavy atom. The van der Waals surface area contributed by atoms with Crippen LogP contribution >= 0.6 is 0 Å². The number of benzene rings is 1. The SMILES string of the molecule is NNc1ccc(C(=O)NCCCCCCCCCNc2c3c(nc4ccccc24)CCCC3)cn1. The van der Waals surface area contributed by atoms with Crippen LogP contribution in [0.3, 0.4) is 0 Å². The Hall–Kier alpha value is -3.19. The van der Waals surface area contributed by atoms with Crippen LogP contribution in [-0.2, 0) is 12.8 Å². The quantitative estimate of drug-likeness (QED) is 0.151. The van der Waals surface area contributed by atoms with E-state index in [-0.39, 0.29) is 5.91 Å².